The zero-order valence-electron chi connectivity index (χ0n) is 19.2. The first-order valence-electron chi connectivity index (χ1n) is 11.6. The summed E-state index contributed by atoms with van der Waals surface area (Å²) in [5.41, 5.74) is 3.70. The SMILES string of the molecule is C[C@H]1C(=O)C(C#N)=C[C@@]2(C)c3nc(-c4n[nH]c5cccnc45)nc(-c4ccccc4F)c3CC[C@H]12. The molecule has 2 aliphatic carbocycles. The molecule has 1 N–H and O–H groups in total. The molecule has 0 spiro atoms. The van der Waals surface area contributed by atoms with Crippen molar-refractivity contribution in [2.24, 2.45) is 11.8 Å². The molecule has 6 rings (SSSR count). The number of nitrogens with zero attached hydrogens (tertiary/aromatic N) is 5. The number of benzene rings is 1. The molecule has 0 bridgehead atoms. The van der Waals surface area contributed by atoms with Crippen molar-refractivity contribution in [1.29, 1.82) is 5.26 Å². The zero-order chi connectivity index (χ0) is 24.3. The second-order valence-corrected chi connectivity index (χ2v) is 9.43. The van der Waals surface area contributed by atoms with Gasteiger partial charge in [0, 0.05) is 28.7 Å². The number of carbonyl (C=O) groups excluding carboxylic acids is 1. The van der Waals surface area contributed by atoms with Crippen molar-refractivity contribution >= 4 is 16.8 Å². The molecular formula is C27H21FN6O. The van der Waals surface area contributed by atoms with Gasteiger partial charge in [0.25, 0.3) is 0 Å². The van der Waals surface area contributed by atoms with Gasteiger partial charge in [-0.3, -0.25) is 14.9 Å². The number of aromatic nitrogens is 5. The fourth-order valence-corrected chi connectivity index (χ4v) is 5.76. The number of halogens is 1. The average molecular weight is 465 g/mol. The summed E-state index contributed by atoms with van der Waals surface area (Å²) in [6.45, 7) is 3.89. The number of ketones is 1. The average Bonchev–Trinajstić information content (AvgIpc) is 3.30. The Bertz CT molecular complexity index is 1600. The van der Waals surface area contributed by atoms with Gasteiger partial charge in [-0.2, -0.15) is 10.4 Å². The Morgan fingerprint density at radius 3 is 2.80 bits per heavy atom. The van der Waals surface area contributed by atoms with Crippen LogP contribution < -0.4 is 0 Å². The van der Waals surface area contributed by atoms with E-state index in [-0.39, 0.29) is 29.0 Å². The lowest BCUT2D eigenvalue weighted by Gasteiger charge is -2.45. The minimum Gasteiger partial charge on any atom is -0.293 e. The predicted octanol–water partition coefficient (Wildman–Crippen LogP) is 4.71. The van der Waals surface area contributed by atoms with Gasteiger partial charge in [-0.05, 0) is 43.0 Å². The number of rotatable bonds is 2. The molecule has 172 valence electrons. The number of Topliss-reactive ketones (excluding diaryl/α,β-unsaturated/α-hetero) is 1. The third kappa shape index (κ3) is 3.04. The van der Waals surface area contributed by atoms with Gasteiger partial charge in [0.05, 0.1) is 22.5 Å². The Labute approximate surface area is 200 Å². The summed E-state index contributed by atoms with van der Waals surface area (Å²) < 4.78 is 15.0. The van der Waals surface area contributed by atoms with E-state index < -0.39 is 5.41 Å². The number of aromatic amines is 1. The number of carbonyl (C=O) groups is 1. The highest BCUT2D eigenvalue weighted by molar-refractivity contribution is 6.02. The number of nitrogens with one attached hydrogen (secondary N) is 1. The summed E-state index contributed by atoms with van der Waals surface area (Å²) in [7, 11) is 0. The van der Waals surface area contributed by atoms with Crippen LogP contribution in [-0.4, -0.2) is 30.9 Å². The molecule has 4 aromatic rings. The first-order chi connectivity index (χ1) is 16.9. The molecule has 0 saturated heterocycles. The van der Waals surface area contributed by atoms with Crippen molar-refractivity contribution in [3.63, 3.8) is 0 Å². The van der Waals surface area contributed by atoms with Gasteiger partial charge in [0.2, 0.25) is 0 Å². The van der Waals surface area contributed by atoms with E-state index in [0.717, 1.165) is 11.1 Å². The molecule has 0 saturated carbocycles. The Morgan fingerprint density at radius 2 is 2.00 bits per heavy atom. The molecule has 8 heteroatoms. The van der Waals surface area contributed by atoms with Crippen LogP contribution in [-0.2, 0) is 16.6 Å². The molecule has 7 nitrogen and oxygen atoms in total. The molecule has 1 aromatic carbocycles. The first-order valence-corrected chi connectivity index (χ1v) is 11.6. The number of hydrogen-bond acceptors (Lipinski definition) is 6. The van der Waals surface area contributed by atoms with Gasteiger partial charge >= 0.3 is 0 Å². The summed E-state index contributed by atoms with van der Waals surface area (Å²) in [5, 5.41) is 17.1. The van der Waals surface area contributed by atoms with Crippen molar-refractivity contribution in [2.45, 2.75) is 32.1 Å². The lowest BCUT2D eigenvalue weighted by atomic mass is 9.57. The van der Waals surface area contributed by atoms with E-state index in [1.54, 1.807) is 30.5 Å². The summed E-state index contributed by atoms with van der Waals surface area (Å²) in [6.07, 6.45) is 4.74. The van der Waals surface area contributed by atoms with Gasteiger partial charge < -0.3 is 0 Å². The lowest BCUT2D eigenvalue weighted by Crippen LogP contribution is -2.46. The van der Waals surface area contributed by atoms with Gasteiger partial charge in [-0.15, -0.1) is 0 Å². The number of allylic oxidation sites excluding steroid dienone is 2. The third-order valence-electron chi connectivity index (χ3n) is 7.50. The normalized spacial score (nSPS) is 23.4. The van der Waals surface area contributed by atoms with Crippen LogP contribution in [0.4, 0.5) is 4.39 Å². The molecule has 0 radical (unpaired) electrons. The highest BCUT2D eigenvalue weighted by Gasteiger charge is 2.49. The first kappa shape index (κ1) is 21.3. The van der Waals surface area contributed by atoms with Crippen LogP contribution in [0.2, 0.25) is 0 Å². The summed E-state index contributed by atoms with van der Waals surface area (Å²) >= 11 is 0. The van der Waals surface area contributed by atoms with Crippen LogP contribution in [0, 0.1) is 29.0 Å². The second-order valence-electron chi connectivity index (χ2n) is 9.43. The minimum atomic E-state index is -0.691. The number of pyridine rings is 1. The molecule has 0 unspecified atom stereocenters. The zero-order valence-corrected chi connectivity index (χ0v) is 19.2. The fourth-order valence-electron chi connectivity index (χ4n) is 5.76. The van der Waals surface area contributed by atoms with Crippen molar-refractivity contribution in [3.8, 4) is 28.8 Å². The highest BCUT2D eigenvalue weighted by Crippen LogP contribution is 2.51. The van der Waals surface area contributed by atoms with E-state index in [4.69, 9.17) is 9.97 Å². The van der Waals surface area contributed by atoms with E-state index in [0.29, 0.717) is 46.8 Å². The maximum Gasteiger partial charge on any atom is 0.183 e. The Kier molecular flexibility index (Phi) is 4.65. The standard InChI is InChI=1S/C27H21FN6O/c1-14-18-10-9-17-21(16-6-3-4-7-19(16)28)31-26(23-22-20(33-34-23)8-5-11-30-22)32-25(17)27(18,2)12-15(13-29)24(14)35/h3-8,11-12,14,18H,9-10H2,1-2H3,(H,33,34)/t14-,18-,27-/m1/s1. The monoisotopic (exact) mass is 464 g/mol. The van der Waals surface area contributed by atoms with Crippen LogP contribution in [0.1, 0.15) is 31.5 Å². The van der Waals surface area contributed by atoms with Crippen molar-refractivity contribution in [3.05, 3.63) is 71.3 Å². The largest absolute Gasteiger partial charge is 0.293 e. The lowest BCUT2D eigenvalue weighted by molar-refractivity contribution is -0.121. The van der Waals surface area contributed by atoms with Crippen LogP contribution in [0.15, 0.2) is 54.2 Å². The third-order valence-corrected chi connectivity index (χ3v) is 7.50. The second kappa shape index (κ2) is 7.64. The van der Waals surface area contributed by atoms with E-state index >= 15 is 4.39 Å². The molecule has 0 fully saturated rings. The molecule has 3 heterocycles. The number of fused-ring (bicyclic) bond motifs is 4. The molecular weight excluding hydrogens is 443 g/mol. The van der Waals surface area contributed by atoms with E-state index in [9.17, 15) is 10.1 Å². The van der Waals surface area contributed by atoms with E-state index in [1.165, 1.54) is 6.07 Å². The molecule has 3 atom stereocenters. The Balaban J connectivity index is 1.68. The van der Waals surface area contributed by atoms with Crippen molar-refractivity contribution < 1.29 is 9.18 Å². The van der Waals surface area contributed by atoms with Crippen molar-refractivity contribution in [2.75, 3.05) is 0 Å². The van der Waals surface area contributed by atoms with Gasteiger partial charge in [0.1, 0.15) is 17.4 Å². The number of hydrogen-bond donors (Lipinski definition) is 1. The maximum absolute atomic E-state index is 15.0. The summed E-state index contributed by atoms with van der Waals surface area (Å²) in [6, 6.07) is 12.3. The van der Waals surface area contributed by atoms with Crippen LogP contribution >= 0.6 is 0 Å². The maximum atomic E-state index is 15.0. The van der Waals surface area contributed by atoms with Gasteiger partial charge in [0.15, 0.2) is 17.3 Å². The Hall–Kier alpha value is -4.25. The molecule has 2 aliphatic rings. The van der Waals surface area contributed by atoms with Gasteiger partial charge in [-0.1, -0.05) is 32.1 Å². The van der Waals surface area contributed by atoms with Crippen LogP contribution in [0.3, 0.4) is 0 Å². The van der Waals surface area contributed by atoms with E-state index in [1.807, 2.05) is 26.0 Å². The number of nitriles is 1. The summed E-state index contributed by atoms with van der Waals surface area (Å²) in [4.78, 5) is 27.1. The van der Waals surface area contributed by atoms with E-state index in [2.05, 4.69) is 21.3 Å². The summed E-state index contributed by atoms with van der Waals surface area (Å²) in [5.74, 6) is -0.548. The topological polar surface area (TPSA) is 108 Å². The fraction of sp³-hybridized carbons (Fsp3) is 0.259. The molecule has 35 heavy (non-hydrogen) atoms. The van der Waals surface area contributed by atoms with Gasteiger partial charge in [-0.25, -0.2) is 14.4 Å². The molecule has 0 amide bonds. The Morgan fingerprint density at radius 1 is 1.17 bits per heavy atom. The highest BCUT2D eigenvalue weighted by atomic mass is 19.1. The smallest absolute Gasteiger partial charge is 0.183 e. The quantitative estimate of drug-likeness (QED) is 0.460. The minimum absolute atomic E-state index is 0.0372. The molecule has 3 aromatic heterocycles. The molecule has 0 aliphatic heterocycles. The predicted molar refractivity (Wildman–Crippen MR) is 127 cm³/mol. The van der Waals surface area contributed by atoms with Crippen LogP contribution in [0.25, 0.3) is 33.8 Å². The van der Waals surface area contributed by atoms with Crippen LogP contribution in [0.5, 0.6) is 0 Å². The van der Waals surface area contributed by atoms with Crippen molar-refractivity contribution in [1.82, 2.24) is 25.1 Å². The number of H-pyrrole nitrogens is 1.